The lowest BCUT2D eigenvalue weighted by Gasteiger charge is -2.44. The molecule has 0 bridgehead atoms. The van der Waals surface area contributed by atoms with Gasteiger partial charge >= 0.3 is 0 Å². The van der Waals surface area contributed by atoms with Crippen LogP contribution in [0.15, 0.2) is 114 Å². The van der Waals surface area contributed by atoms with E-state index in [0.717, 1.165) is 21.5 Å². The SMILES string of the molecule is Cc1ccc(-c2noc(C[C@H](O[Si](c3ccccc3)(c3ccccc3)C(C)(C)C)C(F)F)n2)cc1NC(=O)c1cnc2cc(COCc3nc[nH]n3)ccn12. The second-order valence-electron chi connectivity index (χ2n) is 14.2. The number of aryl methyl sites for hydroxylation is 1. The van der Waals surface area contributed by atoms with Crippen LogP contribution < -0.4 is 15.7 Å². The zero-order valence-corrected chi connectivity index (χ0v) is 31.7. The van der Waals surface area contributed by atoms with Crippen molar-refractivity contribution in [1.29, 1.82) is 0 Å². The van der Waals surface area contributed by atoms with Gasteiger partial charge in [0.25, 0.3) is 20.7 Å². The Morgan fingerprint density at radius 3 is 2.35 bits per heavy atom. The molecule has 0 unspecified atom stereocenters. The summed E-state index contributed by atoms with van der Waals surface area (Å²) in [5, 5.41) is 15.0. The van der Waals surface area contributed by atoms with Crippen molar-refractivity contribution in [3.63, 3.8) is 0 Å². The summed E-state index contributed by atoms with van der Waals surface area (Å²) in [6, 6.07) is 28.3. The molecule has 0 aliphatic heterocycles. The van der Waals surface area contributed by atoms with Crippen molar-refractivity contribution in [3.8, 4) is 11.4 Å². The normalized spacial score (nSPS) is 12.7. The number of aromatic nitrogens is 7. The molecule has 4 aromatic heterocycles. The second-order valence-corrected chi connectivity index (χ2v) is 18.4. The number of nitrogens with zero attached hydrogens (tertiary/aromatic N) is 6. The number of hydrogen-bond donors (Lipinski definition) is 2. The number of nitrogens with one attached hydrogen (secondary N) is 2. The monoisotopic (exact) mass is 762 g/mol. The standard InChI is InChI=1S/C40H40F2N8O4Si/c1-26-15-16-28(20-31(26)46-39(51)32-22-43-35-19-27(17-18-50(32)35)23-52-24-34-44-25-45-48-34)38-47-36(53-49-38)21-33(37(41)42)54-55(40(2,3)4,29-11-7-5-8-12-29)30-13-9-6-10-14-30/h5-20,22,25,33,37H,21,23-24H2,1-4H3,(H,46,51)(H,44,45,48)/t33-/m0/s1. The molecule has 0 fully saturated rings. The van der Waals surface area contributed by atoms with Crippen LogP contribution >= 0.6 is 0 Å². The van der Waals surface area contributed by atoms with Crippen LogP contribution in [0.1, 0.15) is 54.1 Å². The third-order valence-electron chi connectivity index (χ3n) is 9.39. The van der Waals surface area contributed by atoms with E-state index in [-0.39, 0.29) is 30.7 Å². The fraction of sp³-hybridized carbons (Fsp3) is 0.250. The van der Waals surface area contributed by atoms with E-state index in [1.165, 1.54) is 12.5 Å². The Labute approximate surface area is 317 Å². The van der Waals surface area contributed by atoms with Crippen LogP contribution in [0.4, 0.5) is 14.5 Å². The van der Waals surface area contributed by atoms with E-state index in [4.69, 9.17) is 13.7 Å². The molecule has 0 saturated heterocycles. The zero-order valence-electron chi connectivity index (χ0n) is 30.7. The van der Waals surface area contributed by atoms with E-state index >= 15 is 0 Å². The summed E-state index contributed by atoms with van der Waals surface area (Å²) in [5.41, 5.74) is 3.62. The number of imidazole rings is 1. The lowest BCUT2D eigenvalue weighted by Crippen LogP contribution is -2.68. The van der Waals surface area contributed by atoms with E-state index < -0.39 is 25.9 Å². The molecule has 0 saturated carbocycles. The Morgan fingerprint density at radius 1 is 0.964 bits per heavy atom. The number of rotatable bonds is 14. The molecule has 0 aliphatic rings. The molecule has 0 aliphatic carbocycles. The summed E-state index contributed by atoms with van der Waals surface area (Å²) in [6.45, 7) is 8.54. The molecule has 4 heterocycles. The molecule has 3 aromatic carbocycles. The third kappa shape index (κ3) is 7.99. The van der Waals surface area contributed by atoms with Crippen LogP contribution in [0.5, 0.6) is 0 Å². The van der Waals surface area contributed by atoms with Crippen molar-refractivity contribution >= 4 is 35.9 Å². The molecular weight excluding hydrogens is 723 g/mol. The van der Waals surface area contributed by atoms with Gasteiger partial charge in [-0.25, -0.2) is 18.7 Å². The van der Waals surface area contributed by atoms with Gasteiger partial charge in [0.15, 0.2) is 5.82 Å². The van der Waals surface area contributed by atoms with Crippen molar-refractivity contribution < 1.29 is 27.3 Å². The molecular formula is C40H40F2N8O4Si. The van der Waals surface area contributed by atoms with Crippen molar-refractivity contribution in [2.24, 2.45) is 0 Å². The first-order valence-electron chi connectivity index (χ1n) is 17.7. The van der Waals surface area contributed by atoms with Crippen molar-refractivity contribution in [3.05, 3.63) is 138 Å². The minimum absolute atomic E-state index is 0.0118. The van der Waals surface area contributed by atoms with E-state index in [1.54, 1.807) is 22.7 Å². The van der Waals surface area contributed by atoms with E-state index in [2.05, 4.69) is 35.6 Å². The van der Waals surface area contributed by atoms with Gasteiger partial charge in [-0.3, -0.25) is 14.3 Å². The maximum Gasteiger partial charge on any atom is 0.274 e. The summed E-state index contributed by atoms with van der Waals surface area (Å²) in [4.78, 5) is 26.5. The molecule has 55 heavy (non-hydrogen) atoms. The number of benzene rings is 3. The molecule has 15 heteroatoms. The first-order valence-corrected chi connectivity index (χ1v) is 19.6. The lowest BCUT2D eigenvalue weighted by atomic mass is 10.1. The first kappa shape index (κ1) is 37.4. The number of pyridine rings is 1. The Kier molecular flexibility index (Phi) is 10.8. The average Bonchev–Trinajstić information content (AvgIpc) is 3.96. The highest BCUT2D eigenvalue weighted by Gasteiger charge is 2.52. The summed E-state index contributed by atoms with van der Waals surface area (Å²) in [5.74, 6) is 0.377. The molecule has 0 spiro atoms. The molecule has 1 amide bonds. The quantitative estimate of drug-likeness (QED) is 0.118. The predicted octanol–water partition coefficient (Wildman–Crippen LogP) is 6.53. The highest BCUT2D eigenvalue weighted by molar-refractivity contribution is 6.99. The predicted molar refractivity (Wildman–Crippen MR) is 205 cm³/mol. The second kappa shape index (κ2) is 15.8. The number of carbonyl (C=O) groups excluding carboxylic acids is 1. The van der Waals surface area contributed by atoms with Crippen LogP contribution in [0, 0.1) is 6.92 Å². The fourth-order valence-corrected chi connectivity index (χ4v) is 11.3. The maximum atomic E-state index is 15.0. The van der Waals surface area contributed by atoms with Gasteiger partial charge in [-0.1, -0.05) is 98.7 Å². The summed E-state index contributed by atoms with van der Waals surface area (Å²) in [7, 11) is -3.30. The molecule has 7 rings (SSSR count). The Hall–Kier alpha value is -5.90. The lowest BCUT2D eigenvalue weighted by molar-refractivity contribution is 0.00243. The van der Waals surface area contributed by atoms with Gasteiger partial charge in [-0.15, -0.1) is 0 Å². The Morgan fingerprint density at radius 2 is 1.69 bits per heavy atom. The number of aromatic amines is 1. The van der Waals surface area contributed by atoms with E-state index in [1.807, 2.05) is 107 Å². The van der Waals surface area contributed by atoms with Crippen molar-refractivity contribution in [2.45, 2.75) is 64.9 Å². The zero-order chi connectivity index (χ0) is 38.6. The minimum atomic E-state index is -3.30. The van der Waals surface area contributed by atoms with Crippen LogP contribution in [-0.2, 0) is 28.8 Å². The number of hydrogen-bond acceptors (Lipinski definition) is 9. The number of carbonyl (C=O) groups is 1. The number of fused-ring (bicyclic) bond motifs is 1. The van der Waals surface area contributed by atoms with Gasteiger partial charge < -0.3 is 19.0 Å². The van der Waals surface area contributed by atoms with Crippen LogP contribution in [-0.4, -0.2) is 61.5 Å². The topological polar surface area (TPSA) is 145 Å². The molecule has 12 nitrogen and oxygen atoms in total. The van der Waals surface area contributed by atoms with Gasteiger partial charge in [0.2, 0.25) is 11.7 Å². The van der Waals surface area contributed by atoms with Crippen LogP contribution in [0.25, 0.3) is 17.0 Å². The Balaban J connectivity index is 1.08. The number of ether oxygens (including phenoxy) is 1. The molecule has 7 aromatic rings. The average molecular weight is 763 g/mol. The summed E-state index contributed by atoms with van der Waals surface area (Å²) < 4.78 is 49.6. The third-order valence-corrected chi connectivity index (χ3v) is 14.5. The summed E-state index contributed by atoms with van der Waals surface area (Å²) in [6.07, 6.45) is 0.0963. The van der Waals surface area contributed by atoms with E-state index in [0.29, 0.717) is 35.0 Å². The Bertz CT molecular complexity index is 2320. The van der Waals surface area contributed by atoms with Gasteiger partial charge in [-0.05, 0) is 51.7 Å². The van der Waals surface area contributed by atoms with Gasteiger partial charge in [0.05, 0.1) is 19.2 Å². The number of alkyl halides is 2. The van der Waals surface area contributed by atoms with Gasteiger partial charge in [0.1, 0.15) is 30.4 Å². The molecule has 282 valence electrons. The number of anilines is 1. The number of H-pyrrole nitrogens is 1. The van der Waals surface area contributed by atoms with Crippen LogP contribution in [0.3, 0.4) is 0 Å². The van der Waals surface area contributed by atoms with E-state index in [9.17, 15) is 13.6 Å². The van der Waals surface area contributed by atoms with Crippen LogP contribution in [0.2, 0.25) is 5.04 Å². The number of halogens is 2. The molecule has 2 N–H and O–H groups in total. The van der Waals surface area contributed by atoms with Crippen molar-refractivity contribution in [2.75, 3.05) is 5.32 Å². The maximum absolute atomic E-state index is 15.0. The minimum Gasteiger partial charge on any atom is -0.398 e. The van der Waals surface area contributed by atoms with Gasteiger partial charge in [-0.2, -0.15) is 10.1 Å². The highest BCUT2D eigenvalue weighted by Crippen LogP contribution is 2.38. The first-order chi connectivity index (χ1) is 26.5. The molecule has 0 radical (unpaired) electrons. The fourth-order valence-electron chi connectivity index (χ4n) is 6.66. The van der Waals surface area contributed by atoms with Gasteiger partial charge in [0, 0.05) is 17.4 Å². The highest BCUT2D eigenvalue weighted by atomic mass is 28.4. The van der Waals surface area contributed by atoms with Crippen molar-refractivity contribution in [1.82, 2.24) is 34.7 Å². The number of amides is 1. The summed E-state index contributed by atoms with van der Waals surface area (Å²) >= 11 is 0. The largest absolute Gasteiger partial charge is 0.398 e. The smallest absolute Gasteiger partial charge is 0.274 e. The molecule has 1 atom stereocenters.